The Morgan fingerprint density at radius 1 is 1.21 bits per heavy atom. The number of halogens is 3. The van der Waals surface area contributed by atoms with Crippen molar-refractivity contribution < 1.29 is 19.1 Å². The zero-order chi connectivity index (χ0) is 17.7. The smallest absolute Gasteiger partial charge is 0.262 e. The van der Waals surface area contributed by atoms with Crippen LogP contribution in [0.15, 0.2) is 36.1 Å². The van der Waals surface area contributed by atoms with E-state index in [2.05, 4.69) is 0 Å². The van der Waals surface area contributed by atoms with Gasteiger partial charge in [-0.2, -0.15) is 0 Å². The standard InChI is InChI=1S/C16H14Cl3NO4/c1-15(23-2)8-9(7-12(24-15)16(17,18)19)20-13(21)10-5-3-4-6-11(10)14(20)22/h3-7,9H,8H2,1-2H3/t9-,15+/m1/s1. The number of nitrogens with zero attached hydrogens (tertiary/aromatic N) is 1. The molecule has 0 spiro atoms. The Hall–Kier alpha value is -1.27. The van der Waals surface area contributed by atoms with Gasteiger partial charge in [0.15, 0.2) is 0 Å². The second-order valence-electron chi connectivity index (χ2n) is 5.77. The van der Waals surface area contributed by atoms with Crippen molar-refractivity contribution in [2.75, 3.05) is 7.11 Å². The number of amides is 2. The highest BCUT2D eigenvalue weighted by atomic mass is 35.6. The van der Waals surface area contributed by atoms with Crippen LogP contribution in [0.5, 0.6) is 0 Å². The molecule has 2 atom stereocenters. The quantitative estimate of drug-likeness (QED) is 0.571. The molecule has 0 saturated carbocycles. The van der Waals surface area contributed by atoms with E-state index < -0.39 is 15.6 Å². The summed E-state index contributed by atoms with van der Waals surface area (Å²) < 4.78 is 9.14. The van der Waals surface area contributed by atoms with Crippen LogP contribution in [0, 0.1) is 0 Å². The first kappa shape index (κ1) is 17.5. The van der Waals surface area contributed by atoms with E-state index in [1.165, 1.54) is 13.2 Å². The molecule has 2 amide bonds. The molecule has 2 heterocycles. The first-order chi connectivity index (χ1) is 11.2. The Morgan fingerprint density at radius 3 is 2.21 bits per heavy atom. The maximum atomic E-state index is 12.7. The van der Waals surface area contributed by atoms with Gasteiger partial charge in [0, 0.05) is 20.5 Å². The van der Waals surface area contributed by atoms with Gasteiger partial charge in [-0.1, -0.05) is 46.9 Å². The third kappa shape index (κ3) is 2.90. The normalized spacial score (nSPS) is 27.0. The fourth-order valence-corrected chi connectivity index (χ4v) is 3.18. The van der Waals surface area contributed by atoms with Gasteiger partial charge in [-0.3, -0.25) is 14.5 Å². The molecule has 0 aromatic heterocycles. The van der Waals surface area contributed by atoms with Gasteiger partial charge in [-0.05, 0) is 18.2 Å². The molecule has 0 aliphatic carbocycles. The fourth-order valence-electron chi connectivity index (χ4n) is 2.87. The topological polar surface area (TPSA) is 55.8 Å². The van der Waals surface area contributed by atoms with E-state index in [-0.39, 0.29) is 24.0 Å². The number of ether oxygens (including phenoxy) is 2. The molecule has 3 rings (SSSR count). The molecule has 5 nitrogen and oxygen atoms in total. The average Bonchev–Trinajstić information content (AvgIpc) is 2.78. The van der Waals surface area contributed by atoms with Crippen molar-refractivity contribution in [2.45, 2.75) is 29.0 Å². The van der Waals surface area contributed by atoms with Crippen LogP contribution < -0.4 is 0 Å². The molecule has 1 aromatic rings. The average molecular weight is 391 g/mol. The molecule has 0 fully saturated rings. The Morgan fingerprint density at radius 2 is 1.75 bits per heavy atom. The number of allylic oxidation sites excluding steroid dienone is 1. The maximum Gasteiger partial charge on any atom is 0.262 e. The maximum absolute atomic E-state index is 12.7. The second kappa shape index (κ2) is 5.92. The summed E-state index contributed by atoms with van der Waals surface area (Å²) in [4.78, 5) is 26.5. The summed E-state index contributed by atoms with van der Waals surface area (Å²) in [5.74, 6) is -1.89. The number of alkyl halides is 3. The molecule has 128 valence electrons. The Balaban J connectivity index is 2.02. The fraction of sp³-hybridized carbons (Fsp3) is 0.375. The van der Waals surface area contributed by atoms with E-state index in [0.29, 0.717) is 11.1 Å². The lowest BCUT2D eigenvalue weighted by Gasteiger charge is -2.40. The third-order valence-electron chi connectivity index (χ3n) is 4.12. The van der Waals surface area contributed by atoms with Gasteiger partial charge in [-0.25, -0.2) is 0 Å². The van der Waals surface area contributed by atoms with Crippen LogP contribution in [0.2, 0.25) is 0 Å². The molecule has 0 bridgehead atoms. The molecular weight excluding hydrogens is 377 g/mol. The van der Waals surface area contributed by atoms with Crippen LogP contribution in [0.3, 0.4) is 0 Å². The van der Waals surface area contributed by atoms with Crippen molar-refractivity contribution in [2.24, 2.45) is 0 Å². The summed E-state index contributed by atoms with van der Waals surface area (Å²) in [6.07, 6.45) is 1.70. The highest BCUT2D eigenvalue weighted by molar-refractivity contribution is 6.69. The number of rotatable bonds is 2. The van der Waals surface area contributed by atoms with Crippen molar-refractivity contribution in [3.05, 3.63) is 47.2 Å². The van der Waals surface area contributed by atoms with E-state index in [1.807, 2.05) is 0 Å². The first-order valence-corrected chi connectivity index (χ1v) is 8.30. The molecule has 0 N–H and O–H groups in total. The lowest BCUT2D eigenvalue weighted by Crippen LogP contribution is -2.49. The van der Waals surface area contributed by atoms with Gasteiger partial charge in [0.1, 0.15) is 5.76 Å². The molecule has 2 aliphatic rings. The van der Waals surface area contributed by atoms with Gasteiger partial charge in [-0.15, -0.1) is 0 Å². The second-order valence-corrected chi connectivity index (χ2v) is 8.05. The van der Waals surface area contributed by atoms with Gasteiger partial charge in [0.25, 0.3) is 11.8 Å². The predicted octanol–water partition coefficient (Wildman–Crippen LogP) is 3.69. The number of benzene rings is 1. The van der Waals surface area contributed by atoms with Crippen molar-refractivity contribution in [3.63, 3.8) is 0 Å². The van der Waals surface area contributed by atoms with Gasteiger partial charge < -0.3 is 9.47 Å². The minimum Gasteiger partial charge on any atom is -0.463 e. The van der Waals surface area contributed by atoms with E-state index >= 15 is 0 Å². The summed E-state index contributed by atoms with van der Waals surface area (Å²) in [7, 11) is 1.45. The minimum atomic E-state index is -1.84. The summed E-state index contributed by atoms with van der Waals surface area (Å²) >= 11 is 17.8. The zero-order valence-electron chi connectivity index (χ0n) is 12.9. The molecule has 2 aliphatic heterocycles. The van der Waals surface area contributed by atoms with Gasteiger partial charge >= 0.3 is 0 Å². The largest absolute Gasteiger partial charge is 0.463 e. The van der Waals surface area contributed by atoms with Crippen LogP contribution in [0.4, 0.5) is 0 Å². The number of hydrogen-bond acceptors (Lipinski definition) is 4. The molecule has 1 aromatic carbocycles. The van der Waals surface area contributed by atoms with Crippen LogP contribution in [-0.2, 0) is 9.47 Å². The van der Waals surface area contributed by atoms with Crippen molar-refractivity contribution in [3.8, 4) is 0 Å². The summed E-state index contributed by atoms with van der Waals surface area (Å²) in [5, 5.41) is 0. The summed E-state index contributed by atoms with van der Waals surface area (Å²) in [6.45, 7) is 1.65. The Bertz CT molecular complexity index is 708. The van der Waals surface area contributed by atoms with Crippen molar-refractivity contribution in [1.29, 1.82) is 0 Å². The first-order valence-electron chi connectivity index (χ1n) is 7.16. The highest BCUT2D eigenvalue weighted by Gasteiger charge is 2.47. The number of hydrogen-bond donors (Lipinski definition) is 0. The van der Waals surface area contributed by atoms with E-state index in [4.69, 9.17) is 44.3 Å². The Labute approximate surface area is 154 Å². The monoisotopic (exact) mass is 389 g/mol. The number of methoxy groups -OCH3 is 1. The van der Waals surface area contributed by atoms with Crippen molar-refractivity contribution >= 4 is 46.6 Å². The van der Waals surface area contributed by atoms with Crippen LogP contribution >= 0.6 is 34.8 Å². The number of carbonyl (C=O) groups excluding carboxylic acids is 2. The van der Waals surface area contributed by atoms with E-state index in [1.54, 1.807) is 31.2 Å². The Kier molecular flexibility index (Phi) is 4.33. The molecule has 0 radical (unpaired) electrons. The lowest BCUT2D eigenvalue weighted by atomic mass is 10.0. The third-order valence-corrected chi connectivity index (χ3v) is 4.68. The molecule has 0 saturated heterocycles. The molecular formula is C16H14Cl3NO4. The zero-order valence-corrected chi connectivity index (χ0v) is 15.2. The molecule has 8 heteroatoms. The molecule has 24 heavy (non-hydrogen) atoms. The van der Waals surface area contributed by atoms with Crippen LogP contribution in [-0.4, -0.2) is 39.4 Å². The van der Waals surface area contributed by atoms with Crippen LogP contribution in [0.1, 0.15) is 34.1 Å². The lowest BCUT2D eigenvalue weighted by molar-refractivity contribution is -0.202. The van der Waals surface area contributed by atoms with Gasteiger partial charge in [0.05, 0.1) is 17.2 Å². The minimum absolute atomic E-state index is 0.0182. The van der Waals surface area contributed by atoms with E-state index in [9.17, 15) is 9.59 Å². The van der Waals surface area contributed by atoms with E-state index in [0.717, 1.165) is 4.90 Å². The summed E-state index contributed by atoms with van der Waals surface area (Å²) in [6, 6.07) is 5.99. The summed E-state index contributed by atoms with van der Waals surface area (Å²) in [5.41, 5.74) is 0.717. The van der Waals surface area contributed by atoms with Crippen molar-refractivity contribution in [1.82, 2.24) is 4.90 Å². The predicted molar refractivity (Wildman–Crippen MR) is 90.2 cm³/mol. The number of fused-ring (bicyclic) bond motifs is 1. The number of imide groups is 1. The highest BCUT2D eigenvalue weighted by Crippen LogP contribution is 2.43. The number of carbonyl (C=O) groups is 2. The van der Waals surface area contributed by atoms with Gasteiger partial charge in [0.2, 0.25) is 9.58 Å². The molecule has 0 unspecified atom stereocenters. The van der Waals surface area contributed by atoms with Crippen LogP contribution in [0.25, 0.3) is 0 Å². The SMILES string of the molecule is CO[C@]1(C)C[C@H](N2C(=O)c3ccccc3C2=O)C=C(C(Cl)(Cl)Cl)O1.